The molecule has 0 aliphatic heterocycles. The molecule has 1 unspecified atom stereocenters. The van der Waals surface area contributed by atoms with Gasteiger partial charge < -0.3 is 10.1 Å². The number of benzene rings is 2. The van der Waals surface area contributed by atoms with Crippen LogP contribution in [0.25, 0.3) is 0 Å². The molecule has 2 aromatic carbocycles. The molecule has 0 heterocycles. The normalized spacial score (nSPS) is 12.3. The zero-order chi connectivity index (χ0) is 19.9. The quantitative estimate of drug-likeness (QED) is 0.682. The molecule has 146 valence electrons. The van der Waals surface area contributed by atoms with Crippen molar-refractivity contribution < 1.29 is 17.9 Å². The van der Waals surface area contributed by atoms with Crippen LogP contribution in [0.15, 0.2) is 53.4 Å². The Morgan fingerprint density at radius 1 is 1.04 bits per heavy atom. The van der Waals surface area contributed by atoms with Crippen LogP contribution in [-0.2, 0) is 10.0 Å². The lowest BCUT2D eigenvalue weighted by Gasteiger charge is -2.13. The minimum atomic E-state index is -3.74. The van der Waals surface area contributed by atoms with Crippen molar-refractivity contribution in [1.29, 1.82) is 0 Å². The van der Waals surface area contributed by atoms with Crippen LogP contribution in [0.3, 0.4) is 0 Å². The van der Waals surface area contributed by atoms with Crippen LogP contribution in [0.1, 0.15) is 44.0 Å². The van der Waals surface area contributed by atoms with Gasteiger partial charge in [0.05, 0.1) is 11.5 Å². The van der Waals surface area contributed by atoms with Crippen molar-refractivity contribution >= 4 is 21.6 Å². The number of carbonyl (C=O) groups excluding carboxylic acids is 1. The van der Waals surface area contributed by atoms with Crippen molar-refractivity contribution in [2.24, 2.45) is 0 Å². The molecule has 2 N–H and O–H groups in total. The predicted octanol–water partition coefficient (Wildman–Crippen LogP) is 3.80. The van der Waals surface area contributed by atoms with Gasteiger partial charge in [0.2, 0.25) is 0 Å². The van der Waals surface area contributed by atoms with Crippen LogP contribution in [0, 0.1) is 0 Å². The third-order valence-corrected chi connectivity index (χ3v) is 5.34. The summed E-state index contributed by atoms with van der Waals surface area (Å²) in [5, 5.41) is 2.89. The summed E-state index contributed by atoms with van der Waals surface area (Å²) < 4.78 is 32.9. The molecule has 0 bridgehead atoms. The second-order valence-corrected chi connectivity index (χ2v) is 7.93. The molecule has 0 aromatic heterocycles. The van der Waals surface area contributed by atoms with Crippen LogP contribution in [0.2, 0.25) is 0 Å². The van der Waals surface area contributed by atoms with Crippen LogP contribution in [0.4, 0.5) is 5.69 Å². The van der Waals surface area contributed by atoms with Crippen molar-refractivity contribution in [3.8, 4) is 5.75 Å². The molecule has 0 saturated heterocycles. The maximum absolute atomic E-state index is 12.5. The molecular formula is C20H26N2O4S. The van der Waals surface area contributed by atoms with E-state index in [0.29, 0.717) is 23.6 Å². The zero-order valence-corrected chi connectivity index (χ0v) is 16.7. The largest absolute Gasteiger partial charge is 0.494 e. The molecule has 1 amide bonds. The predicted molar refractivity (Wildman–Crippen MR) is 107 cm³/mol. The van der Waals surface area contributed by atoms with Crippen LogP contribution in [0.5, 0.6) is 5.75 Å². The van der Waals surface area contributed by atoms with Gasteiger partial charge >= 0.3 is 0 Å². The second kappa shape index (κ2) is 9.41. The summed E-state index contributed by atoms with van der Waals surface area (Å²) >= 11 is 0. The van der Waals surface area contributed by atoms with Crippen molar-refractivity contribution in [3.05, 3.63) is 54.1 Å². The standard InChI is InChI=1S/C20H26N2O4S/c1-4-6-15(3)21-20(23)16-7-13-19(14-8-16)27(24,25)22-17-9-11-18(12-10-17)26-5-2/h7-15,22H,4-6H2,1-3H3,(H,21,23). The van der Waals surface area contributed by atoms with Crippen LogP contribution < -0.4 is 14.8 Å². The summed E-state index contributed by atoms with van der Waals surface area (Å²) in [4.78, 5) is 12.3. The highest BCUT2D eigenvalue weighted by Gasteiger charge is 2.16. The summed E-state index contributed by atoms with van der Waals surface area (Å²) in [7, 11) is -3.74. The lowest BCUT2D eigenvalue weighted by Crippen LogP contribution is -2.32. The number of hydrogen-bond donors (Lipinski definition) is 2. The number of amides is 1. The van der Waals surface area contributed by atoms with Gasteiger partial charge in [-0.15, -0.1) is 0 Å². The monoisotopic (exact) mass is 390 g/mol. The Balaban J connectivity index is 2.07. The van der Waals surface area contributed by atoms with Crippen LogP contribution >= 0.6 is 0 Å². The van der Waals surface area contributed by atoms with Crippen molar-refractivity contribution in [3.63, 3.8) is 0 Å². The first kappa shape index (κ1) is 20.8. The van der Waals surface area contributed by atoms with E-state index in [0.717, 1.165) is 12.8 Å². The number of hydrogen-bond acceptors (Lipinski definition) is 4. The number of nitrogens with one attached hydrogen (secondary N) is 2. The maximum atomic E-state index is 12.5. The smallest absolute Gasteiger partial charge is 0.261 e. The Labute approximate surface area is 161 Å². The van der Waals surface area contributed by atoms with E-state index in [1.165, 1.54) is 24.3 Å². The molecular weight excluding hydrogens is 364 g/mol. The van der Waals surface area contributed by atoms with E-state index in [2.05, 4.69) is 17.0 Å². The molecule has 0 radical (unpaired) electrons. The Hall–Kier alpha value is -2.54. The maximum Gasteiger partial charge on any atom is 0.261 e. The highest BCUT2D eigenvalue weighted by Crippen LogP contribution is 2.20. The lowest BCUT2D eigenvalue weighted by molar-refractivity contribution is 0.0938. The van der Waals surface area contributed by atoms with Gasteiger partial charge in [0.1, 0.15) is 5.75 Å². The Morgan fingerprint density at radius 2 is 1.67 bits per heavy atom. The molecule has 1 atom stereocenters. The number of carbonyl (C=O) groups is 1. The summed E-state index contributed by atoms with van der Waals surface area (Å²) in [5.41, 5.74) is 0.867. The van der Waals surface area contributed by atoms with E-state index in [4.69, 9.17) is 4.74 Å². The van der Waals surface area contributed by atoms with E-state index in [1.807, 2.05) is 13.8 Å². The van der Waals surface area contributed by atoms with Gasteiger partial charge in [-0.3, -0.25) is 9.52 Å². The molecule has 2 rings (SSSR count). The van der Waals surface area contributed by atoms with Gasteiger partial charge in [0, 0.05) is 17.3 Å². The van der Waals surface area contributed by atoms with Gasteiger partial charge in [-0.2, -0.15) is 0 Å². The van der Waals surface area contributed by atoms with Crippen molar-refractivity contribution in [2.45, 2.75) is 44.6 Å². The Bertz CT molecular complexity index is 847. The third kappa shape index (κ3) is 5.99. The van der Waals surface area contributed by atoms with Gasteiger partial charge in [0.15, 0.2) is 0 Å². The SMILES string of the molecule is CCCC(C)NC(=O)c1ccc(S(=O)(=O)Nc2ccc(OCC)cc2)cc1. The molecule has 6 nitrogen and oxygen atoms in total. The molecule has 27 heavy (non-hydrogen) atoms. The molecule has 2 aromatic rings. The minimum Gasteiger partial charge on any atom is -0.494 e. The van der Waals surface area contributed by atoms with Crippen molar-refractivity contribution in [2.75, 3.05) is 11.3 Å². The summed E-state index contributed by atoms with van der Waals surface area (Å²) in [6.07, 6.45) is 1.88. The zero-order valence-electron chi connectivity index (χ0n) is 15.9. The first-order valence-electron chi connectivity index (χ1n) is 9.02. The number of rotatable bonds is 9. The van der Waals surface area contributed by atoms with E-state index >= 15 is 0 Å². The van der Waals surface area contributed by atoms with Gasteiger partial charge in [0.25, 0.3) is 15.9 Å². The fourth-order valence-corrected chi connectivity index (χ4v) is 3.66. The number of sulfonamides is 1. The van der Waals surface area contributed by atoms with Gasteiger partial charge in [-0.25, -0.2) is 8.42 Å². The van der Waals surface area contributed by atoms with Gasteiger partial charge in [-0.05, 0) is 68.8 Å². The summed E-state index contributed by atoms with van der Waals surface area (Å²) in [5.74, 6) is 0.465. The first-order chi connectivity index (χ1) is 12.9. The molecule has 0 aliphatic carbocycles. The van der Waals surface area contributed by atoms with E-state index in [-0.39, 0.29) is 16.8 Å². The topological polar surface area (TPSA) is 84.5 Å². The fourth-order valence-electron chi connectivity index (χ4n) is 2.60. The average molecular weight is 391 g/mol. The first-order valence-corrected chi connectivity index (χ1v) is 10.5. The third-order valence-electron chi connectivity index (χ3n) is 3.94. The Kier molecular flexibility index (Phi) is 7.24. The van der Waals surface area contributed by atoms with E-state index < -0.39 is 10.0 Å². The highest BCUT2D eigenvalue weighted by atomic mass is 32.2. The molecule has 0 spiro atoms. The van der Waals surface area contributed by atoms with Crippen LogP contribution in [-0.4, -0.2) is 27.0 Å². The number of anilines is 1. The minimum absolute atomic E-state index is 0.0761. The average Bonchev–Trinajstić information content (AvgIpc) is 2.63. The molecule has 0 aliphatic rings. The van der Waals surface area contributed by atoms with E-state index in [9.17, 15) is 13.2 Å². The molecule has 0 saturated carbocycles. The highest BCUT2D eigenvalue weighted by molar-refractivity contribution is 7.92. The number of ether oxygens (including phenoxy) is 1. The Morgan fingerprint density at radius 3 is 2.22 bits per heavy atom. The fraction of sp³-hybridized carbons (Fsp3) is 0.350. The van der Waals surface area contributed by atoms with Crippen molar-refractivity contribution in [1.82, 2.24) is 5.32 Å². The second-order valence-electron chi connectivity index (χ2n) is 6.25. The van der Waals surface area contributed by atoms with Gasteiger partial charge in [-0.1, -0.05) is 13.3 Å². The summed E-state index contributed by atoms with van der Waals surface area (Å²) in [6.45, 7) is 6.42. The lowest BCUT2D eigenvalue weighted by atomic mass is 10.1. The molecule has 7 heteroatoms. The van der Waals surface area contributed by atoms with E-state index in [1.54, 1.807) is 24.3 Å². The summed E-state index contributed by atoms with van der Waals surface area (Å²) in [6, 6.07) is 12.6. The molecule has 0 fully saturated rings.